The lowest BCUT2D eigenvalue weighted by Crippen LogP contribution is -2.30. The van der Waals surface area contributed by atoms with E-state index in [9.17, 15) is 9.59 Å². The van der Waals surface area contributed by atoms with Crippen molar-refractivity contribution in [2.75, 3.05) is 33.4 Å². The number of hydrogen-bond donors (Lipinski definition) is 1. The van der Waals surface area contributed by atoms with Crippen LogP contribution in [-0.4, -0.2) is 55.0 Å². The molecule has 4 rings (SSSR count). The Hall–Kier alpha value is -2.77. The lowest BCUT2D eigenvalue weighted by Gasteiger charge is -2.17. The minimum absolute atomic E-state index is 0.0976. The molecule has 1 N–H and O–H groups in total. The summed E-state index contributed by atoms with van der Waals surface area (Å²) in [4.78, 5) is 33.8. The van der Waals surface area contributed by atoms with Gasteiger partial charge in [0.05, 0.1) is 17.9 Å². The lowest BCUT2D eigenvalue weighted by atomic mass is 9.95. The van der Waals surface area contributed by atoms with Gasteiger partial charge in [0.15, 0.2) is 0 Å². The number of carbonyl (C=O) groups is 2. The molecule has 1 aromatic carbocycles. The van der Waals surface area contributed by atoms with Crippen LogP contribution in [0.2, 0.25) is 0 Å². The summed E-state index contributed by atoms with van der Waals surface area (Å²) >= 11 is 1.42. The van der Waals surface area contributed by atoms with Gasteiger partial charge >= 0.3 is 0 Å². The van der Waals surface area contributed by atoms with E-state index in [4.69, 9.17) is 4.74 Å². The van der Waals surface area contributed by atoms with Crippen LogP contribution in [0, 0.1) is 6.92 Å². The number of pyridine rings is 1. The number of carbonyl (C=O) groups excluding carboxylic acids is 2. The molecule has 2 aromatic heterocycles. The van der Waals surface area contributed by atoms with Crippen LogP contribution < -0.4 is 5.32 Å². The topological polar surface area (TPSA) is 71.5 Å². The fourth-order valence-electron chi connectivity index (χ4n) is 4.20. The Morgan fingerprint density at radius 3 is 2.97 bits per heavy atom. The third-order valence-electron chi connectivity index (χ3n) is 5.69. The van der Waals surface area contributed by atoms with Crippen LogP contribution in [0.3, 0.4) is 0 Å². The fourth-order valence-corrected chi connectivity index (χ4v) is 5.35. The van der Waals surface area contributed by atoms with Gasteiger partial charge in [-0.2, -0.15) is 0 Å². The van der Waals surface area contributed by atoms with E-state index in [0.29, 0.717) is 37.5 Å². The summed E-state index contributed by atoms with van der Waals surface area (Å²) in [5, 5.41) is 3.95. The normalized spacial score (nSPS) is 16.1. The monoisotopic (exact) mass is 437 g/mol. The van der Waals surface area contributed by atoms with E-state index < -0.39 is 0 Å². The van der Waals surface area contributed by atoms with Gasteiger partial charge in [0.2, 0.25) is 5.91 Å². The van der Waals surface area contributed by atoms with Crippen molar-refractivity contribution in [3.05, 3.63) is 64.2 Å². The number of amides is 2. The first-order valence-corrected chi connectivity index (χ1v) is 11.4. The van der Waals surface area contributed by atoms with Crippen molar-refractivity contribution in [1.29, 1.82) is 0 Å². The molecule has 7 heteroatoms. The molecule has 0 saturated carbocycles. The Labute approximate surface area is 186 Å². The third kappa shape index (κ3) is 4.78. The summed E-state index contributed by atoms with van der Waals surface area (Å²) in [5.41, 5.74) is 3.22. The second-order valence-electron chi connectivity index (χ2n) is 7.94. The van der Waals surface area contributed by atoms with E-state index in [1.807, 2.05) is 42.2 Å². The summed E-state index contributed by atoms with van der Waals surface area (Å²) in [6.07, 6.45) is 3.00. The number of nitrogens with zero attached hydrogens (tertiary/aromatic N) is 2. The molecule has 1 atom stereocenters. The number of ether oxygens (including phenoxy) is 1. The maximum Gasteiger partial charge on any atom is 0.261 e. The zero-order valence-electron chi connectivity index (χ0n) is 17.9. The van der Waals surface area contributed by atoms with E-state index >= 15 is 0 Å². The highest BCUT2D eigenvalue weighted by atomic mass is 32.1. The van der Waals surface area contributed by atoms with Gasteiger partial charge in [0.25, 0.3) is 5.91 Å². The average molecular weight is 438 g/mol. The number of aromatic nitrogens is 1. The first-order chi connectivity index (χ1) is 15.1. The molecule has 3 aromatic rings. The number of methoxy groups -OCH3 is 1. The van der Waals surface area contributed by atoms with Crippen molar-refractivity contribution in [2.24, 2.45) is 0 Å². The highest BCUT2D eigenvalue weighted by Crippen LogP contribution is 2.39. The van der Waals surface area contributed by atoms with Crippen molar-refractivity contribution in [1.82, 2.24) is 15.2 Å². The standard InChI is InChI=1S/C24H27N3O3S/c1-16-5-3-6-17(13-16)14-20(28)27-11-8-18(15-27)21-19-7-4-9-26-24(19)31-22(21)23(29)25-10-12-30-2/h3-7,9,13,18H,8,10-12,14-15H2,1-2H3,(H,25,29)/t18-/m1/s1. The predicted molar refractivity (Wildman–Crippen MR) is 123 cm³/mol. The molecular formula is C24H27N3O3S. The van der Waals surface area contributed by atoms with Crippen LogP contribution in [0.4, 0.5) is 0 Å². The van der Waals surface area contributed by atoms with Crippen molar-refractivity contribution < 1.29 is 14.3 Å². The highest BCUT2D eigenvalue weighted by Gasteiger charge is 2.32. The largest absolute Gasteiger partial charge is 0.383 e. The van der Waals surface area contributed by atoms with E-state index in [1.165, 1.54) is 11.3 Å². The maximum atomic E-state index is 12.9. The van der Waals surface area contributed by atoms with Crippen LogP contribution in [-0.2, 0) is 16.0 Å². The van der Waals surface area contributed by atoms with E-state index in [2.05, 4.69) is 16.4 Å². The van der Waals surface area contributed by atoms with Gasteiger partial charge in [-0.1, -0.05) is 35.9 Å². The Bertz CT molecular complexity index is 1090. The molecule has 1 saturated heterocycles. The molecule has 0 spiro atoms. The number of rotatable bonds is 7. The molecule has 0 aliphatic carbocycles. The summed E-state index contributed by atoms with van der Waals surface area (Å²) in [6, 6.07) is 12.0. The smallest absolute Gasteiger partial charge is 0.261 e. The van der Waals surface area contributed by atoms with Gasteiger partial charge in [-0.3, -0.25) is 9.59 Å². The Morgan fingerprint density at radius 2 is 2.16 bits per heavy atom. The molecule has 3 heterocycles. The summed E-state index contributed by atoms with van der Waals surface area (Å²) in [7, 11) is 1.61. The van der Waals surface area contributed by atoms with Crippen molar-refractivity contribution in [3.63, 3.8) is 0 Å². The molecule has 2 amide bonds. The van der Waals surface area contributed by atoms with Crippen molar-refractivity contribution in [3.8, 4) is 0 Å². The second kappa shape index (κ2) is 9.58. The van der Waals surface area contributed by atoms with Gasteiger partial charge in [0.1, 0.15) is 4.83 Å². The first-order valence-electron chi connectivity index (χ1n) is 10.5. The predicted octanol–water partition coefficient (Wildman–Crippen LogP) is 3.54. The van der Waals surface area contributed by atoms with E-state index in [0.717, 1.165) is 33.3 Å². The molecule has 1 aliphatic heterocycles. The number of thiophene rings is 1. The SMILES string of the molecule is COCCNC(=O)c1sc2ncccc2c1[C@@H]1CCN(C(=O)Cc2cccc(C)c2)C1. The number of aryl methyl sites for hydroxylation is 1. The summed E-state index contributed by atoms with van der Waals surface area (Å²) in [5.74, 6) is 0.166. The zero-order chi connectivity index (χ0) is 21.8. The van der Waals surface area contributed by atoms with Gasteiger partial charge in [0, 0.05) is 44.2 Å². The number of likely N-dealkylation sites (tertiary alicyclic amines) is 1. The van der Waals surface area contributed by atoms with Gasteiger partial charge in [-0.25, -0.2) is 4.98 Å². The molecule has 1 fully saturated rings. The molecule has 6 nitrogen and oxygen atoms in total. The van der Waals surface area contributed by atoms with Gasteiger partial charge in [-0.15, -0.1) is 11.3 Å². The Morgan fingerprint density at radius 1 is 1.29 bits per heavy atom. The lowest BCUT2D eigenvalue weighted by molar-refractivity contribution is -0.129. The van der Waals surface area contributed by atoms with Crippen molar-refractivity contribution >= 4 is 33.4 Å². The first kappa shape index (κ1) is 21.5. The average Bonchev–Trinajstić information content (AvgIpc) is 3.38. The van der Waals surface area contributed by atoms with Crippen LogP contribution in [0.15, 0.2) is 42.6 Å². The number of benzene rings is 1. The molecule has 162 valence electrons. The third-order valence-corrected chi connectivity index (χ3v) is 6.82. The minimum Gasteiger partial charge on any atom is -0.383 e. The van der Waals surface area contributed by atoms with Crippen LogP contribution in [0.25, 0.3) is 10.2 Å². The summed E-state index contributed by atoms with van der Waals surface area (Å²) < 4.78 is 5.05. The molecular weight excluding hydrogens is 410 g/mol. The second-order valence-corrected chi connectivity index (χ2v) is 8.94. The zero-order valence-corrected chi connectivity index (χ0v) is 18.7. The fraction of sp³-hybridized carbons (Fsp3) is 0.375. The minimum atomic E-state index is -0.0976. The molecule has 31 heavy (non-hydrogen) atoms. The number of nitrogens with one attached hydrogen (secondary N) is 1. The van der Waals surface area contributed by atoms with Crippen LogP contribution >= 0.6 is 11.3 Å². The summed E-state index contributed by atoms with van der Waals surface area (Å²) in [6.45, 7) is 4.30. The van der Waals surface area contributed by atoms with E-state index in [1.54, 1.807) is 13.3 Å². The Kier molecular flexibility index (Phi) is 6.63. The molecule has 1 aliphatic rings. The van der Waals surface area contributed by atoms with Crippen LogP contribution in [0.1, 0.15) is 38.7 Å². The van der Waals surface area contributed by atoms with Gasteiger partial charge < -0.3 is 15.0 Å². The Balaban J connectivity index is 1.54. The van der Waals surface area contributed by atoms with Gasteiger partial charge in [-0.05, 0) is 30.5 Å². The molecule has 0 bridgehead atoms. The number of hydrogen-bond acceptors (Lipinski definition) is 5. The molecule has 0 radical (unpaired) electrons. The quantitative estimate of drug-likeness (QED) is 0.574. The van der Waals surface area contributed by atoms with Crippen molar-refractivity contribution in [2.45, 2.75) is 25.7 Å². The van der Waals surface area contributed by atoms with Crippen LogP contribution in [0.5, 0.6) is 0 Å². The highest BCUT2D eigenvalue weighted by molar-refractivity contribution is 7.20. The van der Waals surface area contributed by atoms with E-state index in [-0.39, 0.29) is 17.7 Å². The maximum absolute atomic E-state index is 12.9. The molecule has 0 unspecified atom stereocenters. The number of fused-ring (bicyclic) bond motifs is 1.